The first-order chi connectivity index (χ1) is 8.06. The Morgan fingerprint density at radius 1 is 1.18 bits per heavy atom. The van der Waals surface area contributed by atoms with Crippen LogP contribution in [0.4, 0.5) is 21.5 Å². The molecule has 3 N–H and O–H groups in total. The van der Waals surface area contributed by atoms with Gasteiger partial charge in [-0.1, -0.05) is 0 Å². The maximum absolute atomic E-state index is 13.0. The molecule has 0 aliphatic heterocycles. The molecule has 0 radical (unpaired) electrons. The average Bonchev–Trinajstić information content (AvgIpc) is 2.27. The van der Waals surface area contributed by atoms with Gasteiger partial charge in [0.15, 0.2) is 0 Å². The van der Waals surface area contributed by atoms with Gasteiger partial charge in [-0.2, -0.15) is 0 Å². The summed E-state index contributed by atoms with van der Waals surface area (Å²) in [5, 5.41) is 3.24. The molecule has 0 aromatic heterocycles. The minimum absolute atomic E-state index is 0.228. The molecule has 2 aromatic carbocycles. The monoisotopic (exact) mass is 342 g/mol. The topological polar surface area (TPSA) is 38.0 Å². The van der Waals surface area contributed by atoms with Gasteiger partial charge in [-0.3, -0.25) is 0 Å². The molecular formula is C13H12FIN2. The quantitative estimate of drug-likeness (QED) is 0.638. The molecule has 0 fully saturated rings. The van der Waals surface area contributed by atoms with Crippen molar-refractivity contribution in [2.24, 2.45) is 0 Å². The first-order valence-electron chi connectivity index (χ1n) is 5.14. The molecule has 4 heteroatoms. The van der Waals surface area contributed by atoms with Crippen LogP contribution in [0.3, 0.4) is 0 Å². The molecular weight excluding hydrogens is 330 g/mol. The highest BCUT2D eigenvalue weighted by atomic mass is 127. The maximum atomic E-state index is 13.0. The van der Waals surface area contributed by atoms with E-state index in [-0.39, 0.29) is 5.82 Å². The molecule has 2 rings (SSSR count). The molecule has 2 aromatic rings. The Kier molecular flexibility index (Phi) is 3.51. The second kappa shape index (κ2) is 4.91. The number of halogens is 2. The normalized spacial score (nSPS) is 10.3. The minimum atomic E-state index is -0.228. The van der Waals surface area contributed by atoms with Gasteiger partial charge in [0.2, 0.25) is 0 Å². The van der Waals surface area contributed by atoms with Crippen molar-refractivity contribution in [2.75, 3.05) is 11.1 Å². The molecule has 0 amide bonds. The summed E-state index contributed by atoms with van der Waals surface area (Å²) in [5.74, 6) is -0.228. The van der Waals surface area contributed by atoms with Crippen LogP contribution in [-0.2, 0) is 0 Å². The number of anilines is 3. The van der Waals surface area contributed by atoms with E-state index in [1.54, 1.807) is 6.07 Å². The van der Waals surface area contributed by atoms with Gasteiger partial charge in [0.25, 0.3) is 0 Å². The third kappa shape index (κ3) is 2.88. The standard InChI is InChI=1S/C13H12FIN2/c1-8-6-10(3-4-12(8)16)17-13-5-2-9(14)7-11(13)15/h2-7,17H,16H2,1H3. The van der Waals surface area contributed by atoms with E-state index in [1.807, 2.05) is 25.1 Å². The van der Waals surface area contributed by atoms with E-state index in [0.29, 0.717) is 0 Å². The van der Waals surface area contributed by atoms with E-state index in [0.717, 1.165) is 26.2 Å². The fraction of sp³-hybridized carbons (Fsp3) is 0.0769. The number of benzene rings is 2. The van der Waals surface area contributed by atoms with Crippen LogP contribution in [0.5, 0.6) is 0 Å². The van der Waals surface area contributed by atoms with Gasteiger partial charge in [0, 0.05) is 14.9 Å². The SMILES string of the molecule is Cc1cc(Nc2ccc(F)cc2I)ccc1N. The molecule has 0 aliphatic rings. The third-order valence-corrected chi connectivity index (χ3v) is 3.37. The molecule has 0 bridgehead atoms. The molecule has 0 atom stereocenters. The summed E-state index contributed by atoms with van der Waals surface area (Å²) in [6.45, 7) is 1.95. The zero-order chi connectivity index (χ0) is 12.4. The third-order valence-electron chi connectivity index (χ3n) is 2.48. The number of hydrogen-bond acceptors (Lipinski definition) is 2. The van der Waals surface area contributed by atoms with Crippen LogP contribution in [0, 0.1) is 16.3 Å². The van der Waals surface area contributed by atoms with Gasteiger partial charge in [0.05, 0.1) is 5.69 Å². The lowest BCUT2D eigenvalue weighted by Gasteiger charge is -2.10. The Balaban J connectivity index is 2.28. The van der Waals surface area contributed by atoms with Crippen LogP contribution in [-0.4, -0.2) is 0 Å². The van der Waals surface area contributed by atoms with E-state index in [9.17, 15) is 4.39 Å². The predicted molar refractivity (Wildman–Crippen MR) is 78.0 cm³/mol. The molecule has 17 heavy (non-hydrogen) atoms. The Morgan fingerprint density at radius 2 is 1.94 bits per heavy atom. The molecule has 0 unspecified atom stereocenters. The van der Waals surface area contributed by atoms with E-state index in [2.05, 4.69) is 27.9 Å². The van der Waals surface area contributed by atoms with Crippen LogP contribution < -0.4 is 11.1 Å². The van der Waals surface area contributed by atoms with Crippen molar-refractivity contribution >= 4 is 39.7 Å². The highest BCUT2D eigenvalue weighted by molar-refractivity contribution is 14.1. The summed E-state index contributed by atoms with van der Waals surface area (Å²) in [7, 11) is 0. The largest absolute Gasteiger partial charge is 0.399 e. The molecule has 2 nitrogen and oxygen atoms in total. The van der Waals surface area contributed by atoms with E-state index in [1.165, 1.54) is 12.1 Å². The van der Waals surface area contributed by atoms with E-state index < -0.39 is 0 Å². The van der Waals surface area contributed by atoms with Crippen LogP contribution in [0.15, 0.2) is 36.4 Å². The fourth-order valence-corrected chi connectivity index (χ4v) is 2.11. The van der Waals surface area contributed by atoms with Crippen molar-refractivity contribution in [1.82, 2.24) is 0 Å². The Morgan fingerprint density at radius 3 is 2.59 bits per heavy atom. The number of nitrogens with one attached hydrogen (secondary N) is 1. The fourth-order valence-electron chi connectivity index (χ4n) is 1.50. The smallest absolute Gasteiger partial charge is 0.124 e. The summed E-state index contributed by atoms with van der Waals surface area (Å²) in [4.78, 5) is 0. The predicted octanol–water partition coefficient (Wildman–Crippen LogP) is 4.06. The van der Waals surface area contributed by atoms with Gasteiger partial charge in [-0.05, 0) is 71.5 Å². The molecule has 88 valence electrons. The zero-order valence-electron chi connectivity index (χ0n) is 9.30. The highest BCUT2D eigenvalue weighted by Crippen LogP contribution is 2.25. The first kappa shape index (κ1) is 12.2. The average molecular weight is 342 g/mol. The first-order valence-corrected chi connectivity index (χ1v) is 6.22. The van der Waals surface area contributed by atoms with Gasteiger partial charge < -0.3 is 11.1 Å². The van der Waals surface area contributed by atoms with E-state index in [4.69, 9.17) is 5.73 Å². The van der Waals surface area contributed by atoms with Crippen LogP contribution in [0.1, 0.15) is 5.56 Å². The molecule has 0 saturated carbocycles. The highest BCUT2D eigenvalue weighted by Gasteiger charge is 2.02. The van der Waals surface area contributed by atoms with Crippen molar-refractivity contribution in [2.45, 2.75) is 6.92 Å². The molecule has 0 aliphatic carbocycles. The van der Waals surface area contributed by atoms with Crippen molar-refractivity contribution in [3.05, 3.63) is 51.3 Å². The maximum Gasteiger partial charge on any atom is 0.124 e. The summed E-state index contributed by atoms with van der Waals surface area (Å²) >= 11 is 2.10. The number of hydrogen-bond donors (Lipinski definition) is 2. The van der Waals surface area contributed by atoms with Gasteiger partial charge in [-0.25, -0.2) is 4.39 Å². The minimum Gasteiger partial charge on any atom is -0.399 e. The zero-order valence-corrected chi connectivity index (χ0v) is 11.5. The number of nitrogen functional groups attached to an aromatic ring is 1. The molecule has 0 heterocycles. The van der Waals surface area contributed by atoms with Gasteiger partial charge in [-0.15, -0.1) is 0 Å². The Labute approximate surface area is 113 Å². The summed E-state index contributed by atoms with van der Waals surface area (Å²) in [6.07, 6.45) is 0. The van der Waals surface area contributed by atoms with Crippen LogP contribution in [0.25, 0.3) is 0 Å². The summed E-state index contributed by atoms with van der Waals surface area (Å²) in [6, 6.07) is 10.4. The second-order valence-electron chi connectivity index (χ2n) is 3.82. The molecule has 0 spiro atoms. The lowest BCUT2D eigenvalue weighted by Crippen LogP contribution is -1.96. The van der Waals surface area contributed by atoms with Crippen molar-refractivity contribution in [1.29, 1.82) is 0 Å². The lowest BCUT2D eigenvalue weighted by molar-refractivity contribution is 0.627. The second-order valence-corrected chi connectivity index (χ2v) is 4.98. The Hall–Kier alpha value is -1.30. The van der Waals surface area contributed by atoms with E-state index >= 15 is 0 Å². The van der Waals surface area contributed by atoms with Crippen LogP contribution in [0.2, 0.25) is 0 Å². The summed E-state index contributed by atoms with van der Waals surface area (Å²) < 4.78 is 13.8. The van der Waals surface area contributed by atoms with Crippen molar-refractivity contribution in [3.63, 3.8) is 0 Å². The number of rotatable bonds is 2. The molecule has 0 saturated heterocycles. The van der Waals surface area contributed by atoms with Gasteiger partial charge in [0.1, 0.15) is 5.82 Å². The lowest BCUT2D eigenvalue weighted by atomic mass is 10.2. The van der Waals surface area contributed by atoms with Gasteiger partial charge >= 0.3 is 0 Å². The number of aryl methyl sites for hydroxylation is 1. The van der Waals surface area contributed by atoms with Crippen LogP contribution >= 0.6 is 22.6 Å². The Bertz CT molecular complexity index is 555. The van der Waals surface area contributed by atoms with Crippen molar-refractivity contribution < 1.29 is 4.39 Å². The van der Waals surface area contributed by atoms with Crippen molar-refractivity contribution in [3.8, 4) is 0 Å². The summed E-state index contributed by atoms with van der Waals surface area (Å²) in [5.41, 5.74) is 9.37. The number of nitrogens with two attached hydrogens (primary N) is 1.